The maximum Gasteiger partial charge on any atom is 0.114 e. The minimum absolute atomic E-state index is 0.433. The molecule has 4 rings (SSSR count). The smallest absolute Gasteiger partial charge is 0.114 e. The van der Waals surface area contributed by atoms with Gasteiger partial charge in [-0.15, -0.1) is 16.9 Å². The zero-order valence-corrected chi connectivity index (χ0v) is 15.8. The molecule has 0 amide bonds. The standard InChI is InChI=1S/C20H23N5S/c1-26-19-6-4-16(5-7-19)14-24-11-8-18(9-12-24)25-15-20(22-23-25)17-3-2-10-21-13-17/h2-7,10,13,15,18H,8-9,11-12,14H2,1H3. The molecule has 2 aromatic heterocycles. The third kappa shape index (κ3) is 3.97. The molecule has 0 N–H and O–H groups in total. The number of rotatable bonds is 5. The summed E-state index contributed by atoms with van der Waals surface area (Å²) in [5.74, 6) is 0. The molecule has 0 bridgehead atoms. The van der Waals surface area contributed by atoms with E-state index in [9.17, 15) is 0 Å². The maximum absolute atomic E-state index is 4.36. The molecule has 0 unspecified atom stereocenters. The highest BCUT2D eigenvalue weighted by atomic mass is 32.2. The first kappa shape index (κ1) is 17.2. The zero-order valence-electron chi connectivity index (χ0n) is 15.0. The van der Waals surface area contributed by atoms with Crippen molar-refractivity contribution in [3.63, 3.8) is 0 Å². The quantitative estimate of drug-likeness (QED) is 0.642. The second kappa shape index (κ2) is 8.01. The predicted octanol–water partition coefficient (Wildman–Crippen LogP) is 3.90. The summed E-state index contributed by atoms with van der Waals surface area (Å²) in [7, 11) is 0. The average Bonchev–Trinajstić information content (AvgIpc) is 3.20. The Hall–Kier alpha value is -2.18. The fourth-order valence-corrected chi connectivity index (χ4v) is 3.84. The third-order valence-corrected chi connectivity index (χ3v) is 5.71. The predicted molar refractivity (Wildman–Crippen MR) is 105 cm³/mol. The molecule has 1 fully saturated rings. The van der Waals surface area contributed by atoms with Gasteiger partial charge in [0.2, 0.25) is 0 Å². The maximum atomic E-state index is 4.36. The van der Waals surface area contributed by atoms with Gasteiger partial charge in [-0.25, -0.2) is 4.68 Å². The first-order chi connectivity index (χ1) is 12.8. The minimum atomic E-state index is 0.433. The molecule has 5 nitrogen and oxygen atoms in total. The monoisotopic (exact) mass is 365 g/mol. The SMILES string of the molecule is CSc1ccc(CN2CCC(n3cc(-c4cccnc4)nn3)CC2)cc1. The highest BCUT2D eigenvalue weighted by molar-refractivity contribution is 7.98. The van der Waals surface area contributed by atoms with E-state index in [-0.39, 0.29) is 0 Å². The van der Waals surface area contributed by atoms with E-state index in [1.165, 1.54) is 10.5 Å². The molecule has 3 heterocycles. The Morgan fingerprint density at radius 1 is 1.12 bits per heavy atom. The molecular weight excluding hydrogens is 342 g/mol. The van der Waals surface area contributed by atoms with Crippen molar-refractivity contribution >= 4 is 11.8 Å². The molecule has 26 heavy (non-hydrogen) atoms. The van der Waals surface area contributed by atoms with E-state index in [4.69, 9.17) is 0 Å². The number of aromatic nitrogens is 4. The van der Waals surface area contributed by atoms with Crippen LogP contribution in [0.5, 0.6) is 0 Å². The number of hydrogen-bond acceptors (Lipinski definition) is 5. The van der Waals surface area contributed by atoms with Crippen molar-refractivity contribution in [2.45, 2.75) is 30.3 Å². The van der Waals surface area contributed by atoms with E-state index < -0.39 is 0 Å². The summed E-state index contributed by atoms with van der Waals surface area (Å²) in [6.07, 6.45) is 10.00. The normalized spacial score (nSPS) is 16.0. The van der Waals surface area contributed by atoms with Gasteiger partial charge in [-0.05, 0) is 48.9 Å². The van der Waals surface area contributed by atoms with E-state index in [2.05, 4.69) is 56.9 Å². The fourth-order valence-electron chi connectivity index (χ4n) is 3.43. The number of hydrogen-bond donors (Lipinski definition) is 0. The third-order valence-electron chi connectivity index (χ3n) is 4.96. The molecule has 0 aliphatic carbocycles. The summed E-state index contributed by atoms with van der Waals surface area (Å²) >= 11 is 1.79. The average molecular weight is 366 g/mol. The molecular formula is C20H23N5S. The molecule has 1 aliphatic heterocycles. The van der Waals surface area contributed by atoms with Crippen LogP contribution in [0.3, 0.4) is 0 Å². The Kier molecular flexibility index (Phi) is 5.32. The molecule has 1 saturated heterocycles. The highest BCUT2D eigenvalue weighted by Crippen LogP contribution is 2.25. The molecule has 6 heteroatoms. The van der Waals surface area contributed by atoms with Crippen LogP contribution in [-0.2, 0) is 6.54 Å². The lowest BCUT2D eigenvalue weighted by molar-refractivity contribution is 0.172. The molecule has 0 saturated carbocycles. The zero-order chi connectivity index (χ0) is 17.8. The van der Waals surface area contributed by atoms with Gasteiger partial charge in [0.1, 0.15) is 5.69 Å². The van der Waals surface area contributed by atoms with E-state index >= 15 is 0 Å². The lowest BCUT2D eigenvalue weighted by atomic mass is 10.0. The second-order valence-corrected chi connectivity index (χ2v) is 7.56. The van der Waals surface area contributed by atoms with Crippen LogP contribution in [0.2, 0.25) is 0 Å². The Labute approximate surface area is 158 Å². The molecule has 134 valence electrons. The number of benzene rings is 1. The van der Waals surface area contributed by atoms with Crippen LogP contribution in [0.15, 0.2) is 59.9 Å². The van der Waals surface area contributed by atoms with Crippen LogP contribution in [0.25, 0.3) is 11.3 Å². The van der Waals surface area contributed by atoms with Crippen molar-refractivity contribution < 1.29 is 0 Å². The first-order valence-electron chi connectivity index (χ1n) is 8.99. The van der Waals surface area contributed by atoms with Gasteiger partial charge in [-0.2, -0.15) is 0 Å². The summed E-state index contributed by atoms with van der Waals surface area (Å²) in [6, 6.07) is 13.3. The van der Waals surface area contributed by atoms with Crippen molar-refractivity contribution in [1.82, 2.24) is 24.9 Å². The summed E-state index contributed by atoms with van der Waals surface area (Å²) < 4.78 is 2.03. The minimum Gasteiger partial charge on any atom is -0.299 e. The highest BCUT2D eigenvalue weighted by Gasteiger charge is 2.22. The van der Waals surface area contributed by atoms with Crippen molar-refractivity contribution in [3.05, 3.63) is 60.6 Å². The topological polar surface area (TPSA) is 46.8 Å². The molecule has 0 atom stereocenters. The molecule has 0 spiro atoms. The van der Waals surface area contributed by atoms with Gasteiger partial charge < -0.3 is 0 Å². The largest absolute Gasteiger partial charge is 0.299 e. The van der Waals surface area contributed by atoms with Crippen molar-refractivity contribution in [2.75, 3.05) is 19.3 Å². The Balaban J connectivity index is 1.34. The van der Waals surface area contributed by atoms with Crippen LogP contribution in [0.4, 0.5) is 0 Å². The molecule has 0 radical (unpaired) electrons. The molecule has 1 aromatic carbocycles. The Bertz CT molecular complexity index is 823. The number of pyridine rings is 1. The van der Waals surface area contributed by atoms with Crippen molar-refractivity contribution in [1.29, 1.82) is 0 Å². The second-order valence-electron chi connectivity index (χ2n) is 6.68. The fraction of sp³-hybridized carbons (Fsp3) is 0.350. The summed E-state index contributed by atoms with van der Waals surface area (Å²) in [5.41, 5.74) is 3.31. The van der Waals surface area contributed by atoms with Crippen LogP contribution in [0, 0.1) is 0 Å². The van der Waals surface area contributed by atoms with E-state index in [0.717, 1.165) is 43.7 Å². The van der Waals surface area contributed by atoms with Crippen molar-refractivity contribution in [2.24, 2.45) is 0 Å². The number of thioether (sulfide) groups is 1. The lowest BCUT2D eigenvalue weighted by Crippen LogP contribution is -2.34. The Morgan fingerprint density at radius 2 is 1.92 bits per heavy atom. The van der Waals surface area contributed by atoms with Gasteiger partial charge in [0, 0.05) is 42.5 Å². The van der Waals surface area contributed by atoms with E-state index in [1.54, 1.807) is 18.0 Å². The van der Waals surface area contributed by atoms with E-state index in [1.807, 2.05) is 23.0 Å². The van der Waals surface area contributed by atoms with E-state index in [0.29, 0.717) is 6.04 Å². The van der Waals surface area contributed by atoms with Crippen LogP contribution in [-0.4, -0.2) is 44.2 Å². The first-order valence-corrected chi connectivity index (χ1v) is 10.2. The van der Waals surface area contributed by atoms with Gasteiger partial charge in [-0.1, -0.05) is 17.3 Å². The molecule has 1 aliphatic rings. The summed E-state index contributed by atoms with van der Waals surface area (Å²) in [4.78, 5) is 8.01. The molecule has 3 aromatic rings. The number of piperidine rings is 1. The van der Waals surface area contributed by atoms with Crippen LogP contribution < -0.4 is 0 Å². The van der Waals surface area contributed by atoms with Crippen LogP contribution >= 0.6 is 11.8 Å². The lowest BCUT2D eigenvalue weighted by Gasteiger charge is -2.31. The van der Waals surface area contributed by atoms with Crippen molar-refractivity contribution in [3.8, 4) is 11.3 Å². The van der Waals surface area contributed by atoms with Gasteiger partial charge in [-0.3, -0.25) is 9.88 Å². The van der Waals surface area contributed by atoms with Gasteiger partial charge >= 0.3 is 0 Å². The van der Waals surface area contributed by atoms with Gasteiger partial charge in [0.25, 0.3) is 0 Å². The van der Waals surface area contributed by atoms with Gasteiger partial charge in [0.05, 0.1) is 12.2 Å². The van der Waals surface area contributed by atoms with Gasteiger partial charge in [0.15, 0.2) is 0 Å². The summed E-state index contributed by atoms with van der Waals surface area (Å²) in [5, 5.41) is 8.68. The summed E-state index contributed by atoms with van der Waals surface area (Å²) in [6.45, 7) is 3.22. The Morgan fingerprint density at radius 3 is 2.62 bits per heavy atom. The van der Waals surface area contributed by atoms with Crippen LogP contribution in [0.1, 0.15) is 24.4 Å². The number of likely N-dealkylation sites (tertiary alicyclic amines) is 1. The number of nitrogens with zero attached hydrogens (tertiary/aromatic N) is 5.